The summed E-state index contributed by atoms with van der Waals surface area (Å²) in [7, 11) is -3.57. The second-order valence-electron chi connectivity index (χ2n) is 4.62. The van der Waals surface area contributed by atoms with Crippen LogP contribution in [0.5, 0.6) is 0 Å². The fourth-order valence-electron chi connectivity index (χ4n) is 2.46. The first-order chi connectivity index (χ1) is 8.96. The third-order valence-corrected chi connectivity index (χ3v) is 6.96. The van der Waals surface area contributed by atoms with Gasteiger partial charge in [0.05, 0.1) is 0 Å². The molecule has 1 fully saturated rings. The second-order valence-corrected chi connectivity index (χ2v) is 7.69. The van der Waals surface area contributed by atoms with Crippen molar-refractivity contribution in [1.29, 1.82) is 0 Å². The Morgan fingerprint density at radius 1 is 1.37 bits per heavy atom. The van der Waals surface area contributed by atoms with E-state index in [2.05, 4.69) is 10.3 Å². The van der Waals surface area contributed by atoms with Crippen molar-refractivity contribution in [2.75, 3.05) is 19.6 Å². The van der Waals surface area contributed by atoms with Crippen molar-refractivity contribution < 1.29 is 8.42 Å². The molecule has 2 rings (SSSR count). The highest BCUT2D eigenvalue weighted by atomic mass is 32.2. The van der Waals surface area contributed by atoms with Gasteiger partial charge in [0, 0.05) is 18.3 Å². The summed E-state index contributed by atoms with van der Waals surface area (Å²) in [5, 5.41) is 3.23. The molecule has 1 saturated heterocycles. The lowest BCUT2D eigenvalue weighted by Crippen LogP contribution is -2.45. The lowest BCUT2D eigenvalue weighted by atomic mass is 10.1. The van der Waals surface area contributed by atoms with Gasteiger partial charge in [0.2, 0.25) is 0 Å². The largest absolute Gasteiger partial charge is 0.317 e. The van der Waals surface area contributed by atoms with Crippen LogP contribution < -0.4 is 10.2 Å². The van der Waals surface area contributed by atoms with E-state index in [1.807, 2.05) is 6.92 Å². The Hall–Kier alpha value is -0.700. The molecule has 8 heteroatoms. The Bertz CT molecular complexity index is 585. The van der Waals surface area contributed by atoms with Gasteiger partial charge in [0.15, 0.2) is 4.21 Å². The van der Waals surface area contributed by atoms with Crippen molar-refractivity contribution in [2.24, 2.45) is 0 Å². The average Bonchev–Trinajstić information content (AvgIpc) is 2.71. The fraction of sp³-hybridized carbons (Fsp3) is 0.727. The highest BCUT2D eigenvalue weighted by molar-refractivity contribution is 7.91. The number of H-pyrrole nitrogens is 1. The number of piperidine rings is 1. The Labute approximate surface area is 116 Å². The first-order valence-electron chi connectivity index (χ1n) is 6.39. The van der Waals surface area contributed by atoms with Crippen LogP contribution in [0.15, 0.2) is 9.00 Å². The number of rotatable bonds is 4. The zero-order chi connectivity index (χ0) is 14.0. The molecule has 0 radical (unpaired) electrons. The van der Waals surface area contributed by atoms with Gasteiger partial charge < -0.3 is 10.3 Å². The SMILES string of the molecule is CCN(C1CCNCC1)S(=O)(=O)c1sc(=O)[nH]c1C. The van der Waals surface area contributed by atoms with Crippen LogP contribution in [-0.2, 0) is 10.0 Å². The summed E-state index contributed by atoms with van der Waals surface area (Å²) in [5.74, 6) is 0. The summed E-state index contributed by atoms with van der Waals surface area (Å²) in [6.07, 6.45) is 1.62. The van der Waals surface area contributed by atoms with Gasteiger partial charge in [-0.05, 0) is 32.9 Å². The molecule has 1 aliphatic rings. The molecule has 1 aromatic rings. The van der Waals surface area contributed by atoms with E-state index < -0.39 is 10.0 Å². The lowest BCUT2D eigenvalue weighted by Gasteiger charge is -2.32. The van der Waals surface area contributed by atoms with Crippen LogP contribution in [0.3, 0.4) is 0 Å². The van der Waals surface area contributed by atoms with E-state index in [1.165, 1.54) is 4.31 Å². The minimum atomic E-state index is -3.57. The Morgan fingerprint density at radius 2 is 2.00 bits per heavy atom. The number of nitrogens with one attached hydrogen (secondary N) is 2. The third kappa shape index (κ3) is 2.91. The fourth-order valence-corrected chi connectivity index (χ4v) is 5.57. The Morgan fingerprint density at radius 3 is 2.47 bits per heavy atom. The van der Waals surface area contributed by atoms with E-state index in [1.54, 1.807) is 6.92 Å². The monoisotopic (exact) mass is 305 g/mol. The van der Waals surface area contributed by atoms with Crippen molar-refractivity contribution in [3.05, 3.63) is 15.4 Å². The van der Waals surface area contributed by atoms with Crippen LogP contribution >= 0.6 is 11.3 Å². The van der Waals surface area contributed by atoms with Gasteiger partial charge in [0.25, 0.3) is 10.0 Å². The number of nitrogens with zero attached hydrogens (tertiary/aromatic N) is 1. The van der Waals surface area contributed by atoms with Gasteiger partial charge in [-0.2, -0.15) is 4.31 Å². The number of aryl methyl sites for hydroxylation is 1. The molecule has 108 valence electrons. The summed E-state index contributed by atoms with van der Waals surface area (Å²) in [6, 6.07) is 0.0212. The predicted molar refractivity (Wildman–Crippen MR) is 75.1 cm³/mol. The van der Waals surface area contributed by atoms with E-state index >= 15 is 0 Å². The average molecular weight is 305 g/mol. The molecule has 0 unspecified atom stereocenters. The first kappa shape index (κ1) is 14.7. The van der Waals surface area contributed by atoms with E-state index in [9.17, 15) is 13.2 Å². The molecule has 0 spiro atoms. The number of aromatic nitrogens is 1. The van der Waals surface area contributed by atoms with Crippen molar-refractivity contribution in [2.45, 2.75) is 36.9 Å². The molecule has 2 N–H and O–H groups in total. The normalized spacial score (nSPS) is 18.1. The molecule has 2 heterocycles. The van der Waals surface area contributed by atoms with E-state index in [4.69, 9.17) is 0 Å². The molecule has 0 aromatic carbocycles. The van der Waals surface area contributed by atoms with Crippen molar-refractivity contribution in [3.63, 3.8) is 0 Å². The minimum absolute atomic E-state index is 0.0212. The zero-order valence-electron chi connectivity index (χ0n) is 11.1. The number of hydrogen-bond donors (Lipinski definition) is 2. The summed E-state index contributed by atoms with van der Waals surface area (Å²) >= 11 is 0.773. The smallest absolute Gasteiger partial charge is 0.305 e. The molecule has 0 saturated carbocycles. The predicted octanol–water partition coefficient (Wildman–Crippen LogP) is 0.507. The van der Waals surface area contributed by atoms with Gasteiger partial charge >= 0.3 is 4.87 Å². The van der Waals surface area contributed by atoms with Gasteiger partial charge in [-0.3, -0.25) is 4.79 Å². The minimum Gasteiger partial charge on any atom is -0.317 e. The molecule has 0 atom stereocenters. The summed E-state index contributed by atoms with van der Waals surface area (Å²) in [6.45, 7) is 5.56. The van der Waals surface area contributed by atoms with Crippen LogP contribution in [0.2, 0.25) is 0 Å². The van der Waals surface area contributed by atoms with Crippen LogP contribution in [0, 0.1) is 6.92 Å². The Balaban J connectivity index is 2.35. The molecule has 0 amide bonds. The number of aromatic amines is 1. The number of thiazole rings is 1. The standard InChI is InChI=1S/C11H19N3O3S2/c1-3-14(9-4-6-12-7-5-9)19(16,17)10-8(2)13-11(15)18-10/h9,12H,3-7H2,1-2H3,(H,13,15). The Kier molecular flexibility index (Phi) is 4.44. The topological polar surface area (TPSA) is 82.3 Å². The van der Waals surface area contributed by atoms with Crippen molar-refractivity contribution in [3.8, 4) is 0 Å². The van der Waals surface area contributed by atoms with E-state index in [0.29, 0.717) is 12.2 Å². The molecule has 0 bridgehead atoms. The molecule has 0 aliphatic carbocycles. The molecule has 19 heavy (non-hydrogen) atoms. The zero-order valence-corrected chi connectivity index (χ0v) is 12.7. The number of hydrogen-bond acceptors (Lipinski definition) is 5. The summed E-state index contributed by atoms with van der Waals surface area (Å²) in [5.41, 5.74) is 0.433. The maximum atomic E-state index is 12.7. The van der Waals surface area contributed by atoms with Crippen LogP contribution in [-0.4, -0.2) is 43.4 Å². The van der Waals surface area contributed by atoms with Gasteiger partial charge in [-0.25, -0.2) is 8.42 Å². The van der Waals surface area contributed by atoms with E-state index in [-0.39, 0.29) is 15.1 Å². The molecule has 1 aromatic heterocycles. The summed E-state index contributed by atoms with van der Waals surface area (Å²) in [4.78, 5) is 13.5. The quantitative estimate of drug-likeness (QED) is 0.849. The highest BCUT2D eigenvalue weighted by Crippen LogP contribution is 2.25. The lowest BCUT2D eigenvalue weighted by molar-refractivity contribution is 0.271. The number of sulfonamides is 1. The second kappa shape index (κ2) is 5.74. The van der Waals surface area contributed by atoms with Gasteiger partial charge in [-0.15, -0.1) is 0 Å². The molecule has 6 nitrogen and oxygen atoms in total. The molecule has 1 aliphatic heterocycles. The van der Waals surface area contributed by atoms with Gasteiger partial charge in [-0.1, -0.05) is 18.3 Å². The summed E-state index contributed by atoms with van der Waals surface area (Å²) < 4.78 is 27.0. The highest BCUT2D eigenvalue weighted by Gasteiger charge is 2.33. The van der Waals surface area contributed by atoms with Crippen LogP contribution in [0.1, 0.15) is 25.5 Å². The molecular weight excluding hydrogens is 286 g/mol. The van der Waals surface area contributed by atoms with E-state index in [0.717, 1.165) is 37.3 Å². The maximum absolute atomic E-state index is 12.7. The first-order valence-corrected chi connectivity index (χ1v) is 8.64. The van der Waals surface area contributed by atoms with Gasteiger partial charge in [0.1, 0.15) is 0 Å². The van der Waals surface area contributed by atoms with Crippen molar-refractivity contribution in [1.82, 2.24) is 14.6 Å². The van der Waals surface area contributed by atoms with Crippen LogP contribution in [0.4, 0.5) is 0 Å². The van der Waals surface area contributed by atoms with Crippen LogP contribution in [0.25, 0.3) is 0 Å². The third-order valence-electron chi connectivity index (χ3n) is 3.35. The van der Waals surface area contributed by atoms with Crippen molar-refractivity contribution >= 4 is 21.4 Å². The molecular formula is C11H19N3O3S2. The maximum Gasteiger partial charge on any atom is 0.305 e.